The van der Waals surface area contributed by atoms with E-state index in [1.807, 2.05) is 12.3 Å². The second-order valence-corrected chi connectivity index (χ2v) is 8.92. The Morgan fingerprint density at radius 3 is 2.76 bits per heavy atom. The summed E-state index contributed by atoms with van der Waals surface area (Å²) in [5.41, 5.74) is 6.34. The van der Waals surface area contributed by atoms with E-state index in [0.29, 0.717) is 23.5 Å². The zero-order valence-electron chi connectivity index (χ0n) is 19.2. The summed E-state index contributed by atoms with van der Waals surface area (Å²) >= 11 is 0. The van der Waals surface area contributed by atoms with Crippen molar-refractivity contribution < 1.29 is 44.3 Å². The van der Waals surface area contributed by atoms with Crippen LogP contribution in [0.1, 0.15) is 47.5 Å². The van der Waals surface area contributed by atoms with Crippen LogP contribution in [0.25, 0.3) is 11.9 Å². The van der Waals surface area contributed by atoms with Crippen LogP contribution in [0.3, 0.4) is 0 Å². The summed E-state index contributed by atoms with van der Waals surface area (Å²) in [7, 11) is 0. The zero-order valence-corrected chi connectivity index (χ0v) is 21.2. The van der Waals surface area contributed by atoms with E-state index in [1.54, 1.807) is 12.2 Å². The zero-order chi connectivity index (χ0) is 22.5. The first-order chi connectivity index (χ1) is 16.1. The van der Waals surface area contributed by atoms with Crippen molar-refractivity contribution in [1.82, 2.24) is 19.3 Å². The van der Waals surface area contributed by atoms with Crippen LogP contribution in [0.15, 0.2) is 53.9 Å². The van der Waals surface area contributed by atoms with Gasteiger partial charge in [-0.15, -0.1) is 0 Å². The normalized spacial score (nSPS) is 19.6. The van der Waals surface area contributed by atoms with Gasteiger partial charge in [-0.05, 0) is 62.1 Å². The average molecular weight is 462 g/mol. The number of aryl methyl sites for hydroxylation is 3. The fourth-order valence-electron chi connectivity index (χ4n) is 5.37. The van der Waals surface area contributed by atoms with Crippen LogP contribution in [0, 0.1) is 0 Å². The third-order valence-corrected chi connectivity index (χ3v) is 6.93. The Balaban J connectivity index is 0.00000241. The maximum atomic E-state index is 12.5. The number of carboxylic acid groups (broad SMARTS) is 1. The van der Waals surface area contributed by atoms with Gasteiger partial charge in [0.25, 0.3) is 5.91 Å². The number of rotatable bonds is 6. The predicted octanol–water partition coefficient (Wildman–Crippen LogP) is -0.971. The molecule has 34 heavy (non-hydrogen) atoms. The summed E-state index contributed by atoms with van der Waals surface area (Å²) in [4.78, 5) is 34.6. The van der Waals surface area contributed by atoms with Crippen molar-refractivity contribution in [2.24, 2.45) is 0 Å². The van der Waals surface area contributed by atoms with Gasteiger partial charge in [0.2, 0.25) is 5.78 Å². The van der Waals surface area contributed by atoms with Gasteiger partial charge in [-0.1, -0.05) is 36.4 Å². The molecule has 2 aromatic heterocycles. The van der Waals surface area contributed by atoms with Crippen molar-refractivity contribution >= 4 is 23.7 Å². The molecule has 1 atom stereocenters. The number of amides is 1. The number of benzene rings is 1. The predicted molar refractivity (Wildman–Crippen MR) is 120 cm³/mol. The van der Waals surface area contributed by atoms with E-state index in [4.69, 9.17) is 9.97 Å². The molecule has 0 radical (unpaired) electrons. The molecule has 2 aliphatic heterocycles. The molecule has 0 spiro atoms. The summed E-state index contributed by atoms with van der Waals surface area (Å²) < 4.78 is 2.07. The number of aromatic nitrogens is 3. The number of imidazole rings is 1. The molecule has 6 rings (SSSR count). The Morgan fingerprint density at radius 1 is 1.15 bits per heavy atom. The second kappa shape index (κ2) is 9.13. The fourth-order valence-corrected chi connectivity index (χ4v) is 5.37. The number of fused-ring (bicyclic) bond motifs is 4. The Bertz CT molecular complexity index is 1360. The van der Waals surface area contributed by atoms with Gasteiger partial charge in [-0.3, -0.25) is 14.1 Å². The molecule has 1 amide bonds. The minimum Gasteiger partial charge on any atom is -0.543 e. The minimum absolute atomic E-state index is 0. The third kappa shape index (κ3) is 3.82. The van der Waals surface area contributed by atoms with Crippen LogP contribution < -0.4 is 34.7 Å². The first-order valence-corrected chi connectivity index (χ1v) is 11.5. The molecule has 0 bridgehead atoms. The number of carboxylic acids is 1. The van der Waals surface area contributed by atoms with Crippen LogP contribution in [0.4, 0.5) is 0 Å². The molecule has 1 aliphatic carbocycles. The Hall–Kier alpha value is -2.74. The molecule has 4 heterocycles. The van der Waals surface area contributed by atoms with Crippen molar-refractivity contribution in [3.8, 4) is 0 Å². The molecule has 7 nitrogen and oxygen atoms in total. The van der Waals surface area contributed by atoms with Crippen molar-refractivity contribution in [3.05, 3.63) is 82.1 Å². The molecule has 0 N–H and O–H groups in total. The van der Waals surface area contributed by atoms with Gasteiger partial charge in [-0.2, -0.15) is 0 Å². The van der Waals surface area contributed by atoms with Crippen LogP contribution >= 0.6 is 0 Å². The first-order valence-electron chi connectivity index (χ1n) is 11.5. The number of nitrogens with zero attached hydrogens (tertiary/aromatic N) is 4. The van der Waals surface area contributed by atoms with Crippen LogP contribution in [0.5, 0.6) is 0 Å². The van der Waals surface area contributed by atoms with E-state index in [2.05, 4.69) is 28.7 Å². The smallest absolute Gasteiger partial charge is 0.543 e. The summed E-state index contributed by atoms with van der Waals surface area (Å²) in [6, 6.07) is 10.3. The van der Waals surface area contributed by atoms with Crippen molar-refractivity contribution in [2.75, 3.05) is 0 Å². The maximum Gasteiger partial charge on any atom is 1.00 e. The largest absolute Gasteiger partial charge is 1.00 e. The molecule has 0 saturated carbocycles. The van der Waals surface area contributed by atoms with Crippen LogP contribution in [-0.2, 0) is 35.3 Å². The summed E-state index contributed by atoms with van der Waals surface area (Å²) in [5.74, 6) is -0.928. The van der Waals surface area contributed by atoms with E-state index in [1.165, 1.54) is 21.7 Å². The van der Waals surface area contributed by atoms with Gasteiger partial charge in [0.15, 0.2) is 0 Å². The molecular weight excluding hydrogens is 439 g/mol. The van der Waals surface area contributed by atoms with Gasteiger partial charge < -0.3 is 9.90 Å². The van der Waals surface area contributed by atoms with Gasteiger partial charge in [-0.25, -0.2) is 9.97 Å². The van der Waals surface area contributed by atoms with Crippen LogP contribution in [0.2, 0.25) is 0 Å². The number of hydrogen-bond donors (Lipinski definition) is 0. The standard InChI is InChI=1S/C26H24N4O3.Na/c31-24-19(22-12-13-23(25(32)33)30(22)24)14-17-15-29-21-11-5-9-18(21)20(28-26(29)27-17)10-4-8-16-6-2-1-3-7-16;/h1-3,6-7,13-15,22H,4-5,8-12H2,(H,32,33);/q;+1/p-1/b19-14+;. The Kier molecular flexibility index (Phi) is 6.18. The van der Waals surface area contributed by atoms with E-state index < -0.39 is 5.97 Å². The minimum atomic E-state index is -1.31. The number of β-lactam (4-membered cyclic amide) rings is 1. The van der Waals surface area contributed by atoms with Crippen LogP contribution in [-0.4, -0.2) is 37.2 Å². The third-order valence-electron chi connectivity index (χ3n) is 6.93. The summed E-state index contributed by atoms with van der Waals surface area (Å²) in [6.45, 7) is 0. The topological polar surface area (TPSA) is 90.6 Å². The number of hydrogen-bond acceptors (Lipinski definition) is 5. The van der Waals surface area contributed by atoms with Crippen molar-refractivity contribution in [2.45, 2.75) is 51.0 Å². The Labute approximate surface area is 219 Å². The molecular formula is C26H23N4NaO3. The van der Waals surface area contributed by atoms with Crippen molar-refractivity contribution in [3.63, 3.8) is 0 Å². The van der Waals surface area contributed by atoms with Gasteiger partial charge in [0.1, 0.15) is 0 Å². The summed E-state index contributed by atoms with van der Waals surface area (Å²) in [6.07, 6.45) is 11.9. The molecule has 1 aromatic carbocycles. The number of carbonyl (C=O) groups excluding carboxylic acids is 2. The van der Waals surface area contributed by atoms with E-state index in [-0.39, 0.29) is 47.2 Å². The van der Waals surface area contributed by atoms with E-state index >= 15 is 0 Å². The van der Waals surface area contributed by atoms with Crippen molar-refractivity contribution in [1.29, 1.82) is 0 Å². The maximum absolute atomic E-state index is 12.5. The fraction of sp³-hybridized carbons (Fsp3) is 0.308. The second-order valence-electron chi connectivity index (χ2n) is 8.92. The van der Waals surface area contributed by atoms with Gasteiger partial charge in [0.05, 0.1) is 23.4 Å². The quantitative estimate of drug-likeness (QED) is 0.267. The van der Waals surface area contributed by atoms with Gasteiger partial charge >= 0.3 is 29.6 Å². The molecule has 166 valence electrons. The number of carbonyl (C=O) groups is 2. The molecule has 1 saturated heterocycles. The molecule has 3 aliphatic rings. The monoisotopic (exact) mass is 462 g/mol. The molecule has 1 fully saturated rings. The SMILES string of the molecule is O=C([O-])C1=CCC2/C(=C\c3cn4c5c(c(CCCc6ccccc6)nc4n3)CCC5)C(=O)N12.[Na+]. The molecule has 3 aromatic rings. The molecule has 1 unspecified atom stereocenters. The average Bonchev–Trinajstić information content (AvgIpc) is 3.54. The molecule has 8 heteroatoms. The summed E-state index contributed by atoms with van der Waals surface area (Å²) in [5, 5.41) is 11.2. The number of aliphatic carboxylic acids is 1. The first kappa shape index (κ1) is 23.0. The Morgan fingerprint density at radius 2 is 1.97 bits per heavy atom. The van der Waals surface area contributed by atoms with E-state index in [0.717, 1.165) is 44.2 Å². The van der Waals surface area contributed by atoms with Gasteiger partial charge in [0, 0.05) is 23.2 Å². The van der Waals surface area contributed by atoms with E-state index in [9.17, 15) is 14.7 Å².